The Morgan fingerprint density at radius 2 is 2.16 bits per heavy atom. The predicted molar refractivity (Wildman–Crippen MR) is 79.0 cm³/mol. The van der Waals surface area contributed by atoms with Crippen LogP contribution in [0, 0.1) is 0 Å². The maximum absolute atomic E-state index is 12.0. The summed E-state index contributed by atoms with van der Waals surface area (Å²) in [5.74, 6) is 0.109. The molecule has 2 heterocycles. The fourth-order valence-electron chi connectivity index (χ4n) is 2.18. The smallest absolute Gasteiger partial charge is 0.241 e. The number of carbonyl (C=O) groups excluding carboxylic acids is 1. The van der Waals surface area contributed by atoms with Gasteiger partial charge in [-0.1, -0.05) is 12.2 Å². The molecule has 1 aliphatic rings. The van der Waals surface area contributed by atoms with Crippen LogP contribution in [0.4, 0.5) is 5.69 Å². The van der Waals surface area contributed by atoms with Crippen LogP contribution in [0.2, 0.25) is 0 Å². The molecule has 0 unspecified atom stereocenters. The summed E-state index contributed by atoms with van der Waals surface area (Å²) in [6.07, 6.45) is 6.67. The minimum Gasteiger partial charge on any atom is -0.389 e. The summed E-state index contributed by atoms with van der Waals surface area (Å²) < 4.78 is 0. The highest BCUT2D eigenvalue weighted by molar-refractivity contribution is 7.80. The zero-order chi connectivity index (χ0) is 13.7. The zero-order valence-corrected chi connectivity index (χ0v) is 11.6. The first-order valence-corrected chi connectivity index (χ1v) is 6.85. The molecule has 1 fully saturated rings. The van der Waals surface area contributed by atoms with Gasteiger partial charge in [-0.2, -0.15) is 0 Å². The molecular formula is C13H18N4OS. The van der Waals surface area contributed by atoms with Gasteiger partial charge in [-0.3, -0.25) is 9.78 Å². The van der Waals surface area contributed by atoms with Crippen LogP contribution in [0.1, 0.15) is 24.8 Å². The van der Waals surface area contributed by atoms with Crippen LogP contribution in [0.5, 0.6) is 0 Å². The van der Waals surface area contributed by atoms with E-state index in [0.717, 1.165) is 31.5 Å². The van der Waals surface area contributed by atoms with Crippen molar-refractivity contribution in [3.8, 4) is 0 Å². The lowest BCUT2D eigenvalue weighted by Gasteiger charge is -2.27. The van der Waals surface area contributed by atoms with E-state index in [1.54, 1.807) is 18.5 Å². The first-order valence-electron chi connectivity index (χ1n) is 6.44. The number of amides is 1. The Hall–Kier alpha value is -1.69. The van der Waals surface area contributed by atoms with Crippen LogP contribution in [-0.2, 0) is 4.79 Å². The lowest BCUT2D eigenvalue weighted by atomic mass is 10.1. The van der Waals surface area contributed by atoms with E-state index >= 15 is 0 Å². The number of nitrogens with zero attached hydrogens (tertiary/aromatic N) is 2. The standard InChI is InChI=1S/C13H18N4OS/c14-13(19)10-4-5-15-8-11(10)16-9-12(18)17-6-2-1-3-7-17/h4-5,8,16H,1-3,6-7,9H2,(H2,14,19). The molecule has 1 aliphatic heterocycles. The van der Waals surface area contributed by atoms with Gasteiger partial charge in [0.2, 0.25) is 5.91 Å². The number of likely N-dealkylation sites (tertiary alicyclic amines) is 1. The maximum atomic E-state index is 12.0. The van der Waals surface area contributed by atoms with Gasteiger partial charge in [0.15, 0.2) is 0 Å². The highest BCUT2D eigenvalue weighted by Gasteiger charge is 2.16. The van der Waals surface area contributed by atoms with E-state index in [1.807, 2.05) is 4.90 Å². The monoisotopic (exact) mass is 278 g/mol. The van der Waals surface area contributed by atoms with Crippen molar-refractivity contribution < 1.29 is 4.79 Å². The topological polar surface area (TPSA) is 71.2 Å². The molecule has 6 heteroatoms. The van der Waals surface area contributed by atoms with Crippen LogP contribution in [0.25, 0.3) is 0 Å². The van der Waals surface area contributed by atoms with Crippen molar-refractivity contribution in [1.82, 2.24) is 9.88 Å². The summed E-state index contributed by atoms with van der Waals surface area (Å²) in [6.45, 7) is 1.97. The molecule has 0 spiro atoms. The van der Waals surface area contributed by atoms with Crippen molar-refractivity contribution in [1.29, 1.82) is 0 Å². The van der Waals surface area contributed by atoms with Crippen molar-refractivity contribution in [3.05, 3.63) is 24.0 Å². The van der Waals surface area contributed by atoms with E-state index in [0.29, 0.717) is 10.7 Å². The number of nitrogens with one attached hydrogen (secondary N) is 1. The molecule has 1 aromatic heterocycles. The second kappa shape index (κ2) is 6.47. The van der Waals surface area contributed by atoms with Crippen molar-refractivity contribution in [2.24, 2.45) is 5.73 Å². The molecule has 0 aromatic carbocycles. The number of aromatic nitrogens is 1. The Labute approximate surface area is 118 Å². The maximum Gasteiger partial charge on any atom is 0.241 e. The lowest BCUT2D eigenvalue weighted by molar-refractivity contribution is -0.130. The minimum atomic E-state index is 0.109. The number of pyridine rings is 1. The summed E-state index contributed by atoms with van der Waals surface area (Å²) in [5, 5.41) is 3.07. The average Bonchev–Trinajstić information content (AvgIpc) is 2.46. The number of carbonyl (C=O) groups is 1. The molecule has 19 heavy (non-hydrogen) atoms. The third-order valence-electron chi connectivity index (χ3n) is 3.23. The molecular weight excluding hydrogens is 260 g/mol. The zero-order valence-electron chi connectivity index (χ0n) is 10.8. The summed E-state index contributed by atoms with van der Waals surface area (Å²) >= 11 is 4.97. The van der Waals surface area contributed by atoms with Gasteiger partial charge in [-0.15, -0.1) is 0 Å². The molecule has 3 N–H and O–H groups in total. The average molecular weight is 278 g/mol. The van der Waals surface area contributed by atoms with Crippen molar-refractivity contribution >= 4 is 28.8 Å². The molecule has 0 saturated carbocycles. The molecule has 0 aliphatic carbocycles. The van der Waals surface area contributed by atoms with Crippen molar-refractivity contribution in [2.75, 3.05) is 25.0 Å². The molecule has 0 bridgehead atoms. The van der Waals surface area contributed by atoms with Crippen LogP contribution in [-0.4, -0.2) is 40.4 Å². The van der Waals surface area contributed by atoms with Gasteiger partial charge in [0.25, 0.3) is 0 Å². The Morgan fingerprint density at radius 1 is 1.42 bits per heavy atom. The van der Waals surface area contributed by atoms with Gasteiger partial charge in [0.05, 0.1) is 18.4 Å². The Balaban J connectivity index is 1.94. The molecule has 1 amide bonds. The van der Waals surface area contributed by atoms with Crippen LogP contribution in [0.15, 0.2) is 18.5 Å². The fourth-order valence-corrected chi connectivity index (χ4v) is 2.35. The third kappa shape index (κ3) is 3.64. The number of rotatable bonds is 4. The second-order valence-electron chi connectivity index (χ2n) is 4.58. The summed E-state index contributed by atoms with van der Waals surface area (Å²) in [5.41, 5.74) is 7.06. The molecule has 1 aromatic rings. The van der Waals surface area contributed by atoms with Gasteiger partial charge >= 0.3 is 0 Å². The van der Waals surface area contributed by atoms with E-state index < -0.39 is 0 Å². The van der Waals surface area contributed by atoms with Gasteiger partial charge in [0.1, 0.15) is 4.99 Å². The normalized spacial score (nSPS) is 15.1. The quantitative estimate of drug-likeness (QED) is 0.808. The third-order valence-corrected chi connectivity index (χ3v) is 3.45. The SMILES string of the molecule is NC(=S)c1ccncc1NCC(=O)N1CCCCC1. The summed E-state index contributed by atoms with van der Waals surface area (Å²) in [4.78, 5) is 18.2. The molecule has 0 atom stereocenters. The number of hydrogen-bond donors (Lipinski definition) is 2. The van der Waals surface area contributed by atoms with Gasteiger partial charge in [0, 0.05) is 24.8 Å². The lowest BCUT2D eigenvalue weighted by Crippen LogP contribution is -2.39. The molecule has 5 nitrogen and oxygen atoms in total. The Bertz CT molecular complexity index is 471. The van der Waals surface area contributed by atoms with Gasteiger partial charge in [-0.05, 0) is 25.3 Å². The van der Waals surface area contributed by atoms with Gasteiger partial charge < -0.3 is 16.0 Å². The fraction of sp³-hybridized carbons (Fsp3) is 0.462. The Morgan fingerprint density at radius 3 is 2.84 bits per heavy atom. The van der Waals surface area contributed by atoms with Crippen LogP contribution in [0.3, 0.4) is 0 Å². The molecule has 1 saturated heterocycles. The second-order valence-corrected chi connectivity index (χ2v) is 5.02. The van der Waals surface area contributed by atoms with E-state index in [9.17, 15) is 4.79 Å². The number of hydrogen-bond acceptors (Lipinski definition) is 4. The highest BCUT2D eigenvalue weighted by atomic mass is 32.1. The van der Waals surface area contributed by atoms with E-state index in [1.165, 1.54) is 6.42 Å². The predicted octanol–water partition coefficient (Wildman–Crippen LogP) is 1.14. The highest BCUT2D eigenvalue weighted by Crippen LogP contribution is 2.13. The van der Waals surface area contributed by atoms with E-state index in [-0.39, 0.29) is 12.5 Å². The van der Waals surface area contributed by atoms with Gasteiger partial charge in [-0.25, -0.2) is 0 Å². The Kier molecular flexibility index (Phi) is 4.68. The summed E-state index contributed by atoms with van der Waals surface area (Å²) in [7, 11) is 0. The number of piperidine rings is 1. The minimum absolute atomic E-state index is 0.109. The first kappa shape index (κ1) is 13.7. The first-order chi connectivity index (χ1) is 9.18. The largest absolute Gasteiger partial charge is 0.389 e. The number of anilines is 1. The van der Waals surface area contributed by atoms with E-state index in [2.05, 4.69) is 10.3 Å². The van der Waals surface area contributed by atoms with Crippen LogP contribution < -0.4 is 11.1 Å². The number of thiocarbonyl (C=S) groups is 1. The molecule has 2 rings (SSSR count). The van der Waals surface area contributed by atoms with E-state index in [4.69, 9.17) is 18.0 Å². The number of nitrogens with two attached hydrogens (primary N) is 1. The summed E-state index contributed by atoms with van der Waals surface area (Å²) in [6, 6.07) is 1.75. The molecule has 0 radical (unpaired) electrons. The van der Waals surface area contributed by atoms with Crippen molar-refractivity contribution in [2.45, 2.75) is 19.3 Å². The van der Waals surface area contributed by atoms with Crippen molar-refractivity contribution in [3.63, 3.8) is 0 Å². The van der Waals surface area contributed by atoms with Crippen LogP contribution >= 0.6 is 12.2 Å². The molecule has 102 valence electrons.